The molecule has 0 aliphatic heterocycles. The molecule has 0 bridgehead atoms. The number of nitrogens with one attached hydrogen (secondary N) is 1. The highest BCUT2D eigenvalue weighted by Gasteiger charge is 2.16. The molecule has 3 heteroatoms. The van der Waals surface area contributed by atoms with Crippen molar-refractivity contribution in [2.24, 2.45) is 0 Å². The van der Waals surface area contributed by atoms with E-state index < -0.39 is 0 Å². The first-order chi connectivity index (χ1) is 11.2. The molecule has 0 saturated heterocycles. The maximum absolute atomic E-state index is 4.82. The Hall–Kier alpha value is -2.13. The number of benzene rings is 2. The van der Waals surface area contributed by atoms with E-state index in [-0.39, 0.29) is 0 Å². The van der Waals surface area contributed by atoms with Crippen LogP contribution < -0.4 is 10.2 Å². The first kappa shape index (κ1) is 15.8. The SMILES string of the molecule is CNCCCC(C)N(C)c1c2ccccc2nc2ccccc12. The third-order valence-electron chi connectivity index (χ3n) is 4.62. The summed E-state index contributed by atoms with van der Waals surface area (Å²) in [5, 5.41) is 5.69. The fraction of sp³-hybridized carbons (Fsp3) is 0.350. The third kappa shape index (κ3) is 3.15. The van der Waals surface area contributed by atoms with Gasteiger partial charge in [0.25, 0.3) is 0 Å². The zero-order valence-electron chi connectivity index (χ0n) is 14.2. The highest BCUT2D eigenvalue weighted by molar-refractivity contribution is 6.07. The van der Waals surface area contributed by atoms with Crippen molar-refractivity contribution in [3.05, 3.63) is 48.5 Å². The molecule has 0 radical (unpaired) electrons. The average molecular weight is 307 g/mol. The molecular formula is C20H25N3. The van der Waals surface area contributed by atoms with Crippen molar-refractivity contribution in [2.45, 2.75) is 25.8 Å². The van der Waals surface area contributed by atoms with E-state index in [2.05, 4.69) is 72.7 Å². The van der Waals surface area contributed by atoms with Crippen LogP contribution in [0, 0.1) is 0 Å². The van der Waals surface area contributed by atoms with E-state index in [0.29, 0.717) is 6.04 Å². The minimum absolute atomic E-state index is 0.484. The number of fused-ring (bicyclic) bond motifs is 2. The first-order valence-electron chi connectivity index (χ1n) is 8.37. The molecule has 0 saturated carbocycles. The second-order valence-electron chi connectivity index (χ2n) is 6.20. The fourth-order valence-corrected chi connectivity index (χ4v) is 3.19. The molecule has 1 aromatic heterocycles. The van der Waals surface area contributed by atoms with Crippen LogP contribution in [0.5, 0.6) is 0 Å². The van der Waals surface area contributed by atoms with Crippen LogP contribution in [0.2, 0.25) is 0 Å². The topological polar surface area (TPSA) is 28.2 Å². The highest BCUT2D eigenvalue weighted by atomic mass is 15.1. The number of aromatic nitrogens is 1. The van der Waals surface area contributed by atoms with Gasteiger partial charge >= 0.3 is 0 Å². The summed E-state index contributed by atoms with van der Waals surface area (Å²) in [6.07, 6.45) is 2.35. The molecule has 0 amide bonds. The van der Waals surface area contributed by atoms with Crippen LogP contribution in [0.25, 0.3) is 21.8 Å². The van der Waals surface area contributed by atoms with E-state index in [4.69, 9.17) is 4.98 Å². The summed E-state index contributed by atoms with van der Waals surface area (Å²) in [6.45, 7) is 3.37. The summed E-state index contributed by atoms with van der Waals surface area (Å²) in [6, 6.07) is 17.4. The van der Waals surface area contributed by atoms with E-state index in [0.717, 1.165) is 17.6 Å². The second-order valence-corrected chi connectivity index (χ2v) is 6.20. The van der Waals surface area contributed by atoms with Crippen LogP contribution in [0.3, 0.4) is 0 Å². The van der Waals surface area contributed by atoms with Crippen LogP contribution in [0.15, 0.2) is 48.5 Å². The number of anilines is 1. The molecule has 0 fully saturated rings. The average Bonchev–Trinajstić information content (AvgIpc) is 2.59. The lowest BCUT2D eigenvalue weighted by Crippen LogP contribution is -2.30. The molecule has 1 N–H and O–H groups in total. The molecule has 0 aliphatic carbocycles. The minimum Gasteiger partial charge on any atom is -0.371 e. The van der Waals surface area contributed by atoms with Crippen molar-refractivity contribution >= 4 is 27.5 Å². The molecule has 1 unspecified atom stereocenters. The van der Waals surface area contributed by atoms with Gasteiger partial charge in [0, 0.05) is 23.9 Å². The van der Waals surface area contributed by atoms with Crippen molar-refractivity contribution in [2.75, 3.05) is 25.5 Å². The summed E-state index contributed by atoms with van der Waals surface area (Å²) in [4.78, 5) is 7.24. The standard InChI is InChI=1S/C20H25N3/c1-15(9-8-14-21-2)23(3)20-16-10-4-6-12-18(16)22-19-13-7-5-11-17(19)20/h4-7,10-13,15,21H,8-9,14H2,1-3H3. The molecule has 3 nitrogen and oxygen atoms in total. The van der Waals surface area contributed by atoms with Crippen molar-refractivity contribution < 1.29 is 0 Å². The van der Waals surface area contributed by atoms with E-state index >= 15 is 0 Å². The zero-order chi connectivity index (χ0) is 16.2. The lowest BCUT2D eigenvalue weighted by Gasteiger charge is -2.29. The number of nitrogens with zero attached hydrogens (tertiary/aromatic N) is 2. The van der Waals surface area contributed by atoms with Gasteiger partial charge in [0.15, 0.2) is 0 Å². The molecule has 120 valence electrons. The Morgan fingerprint density at radius 1 is 1.00 bits per heavy atom. The van der Waals surface area contributed by atoms with Gasteiger partial charge in [0.2, 0.25) is 0 Å². The normalized spacial score (nSPS) is 12.7. The highest BCUT2D eigenvalue weighted by Crippen LogP contribution is 2.34. The number of hydrogen-bond acceptors (Lipinski definition) is 3. The summed E-state index contributed by atoms with van der Waals surface area (Å²) >= 11 is 0. The van der Waals surface area contributed by atoms with Crippen LogP contribution in [-0.4, -0.2) is 31.7 Å². The van der Waals surface area contributed by atoms with E-state index in [1.807, 2.05) is 7.05 Å². The van der Waals surface area contributed by atoms with Gasteiger partial charge in [-0.3, -0.25) is 0 Å². The van der Waals surface area contributed by atoms with Gasteiger partial charge in [-0.15, -0.1) is 0 Å². The minimum atomic E-state index is 0.484. The molecule has 23 heavy (non-hydrogen) atoms. The molecule has 1 heterocycles. The number of hydrogen-bond donors (Lipinski definition) is 1. The Morgan fingerprint density at radius 3 is 2.13 bits per heavy atom. The predicted molar refractivity (Wildman–Crippen MR) is 100 cm³/mol. The summed E-state index contributed by atoms with van der Waals surface area (Å²) in [7, 11) is 4.22. The zero-order valence-corrected chi connectivity index (χ0v) is 14.2. The molecule has 0 aliphatic rings. The van der Waals surface area contributed by atoms with Gasteiger partial charge in [-0.05, 0) is 45.5 Å². The van der Waals surface area contributed by atoms with E-state index in [1.54, 1.807) is 0 Å². The summed E-state index contributed by atoms with van der Waals surface area (Å²) < 4.78 is 0. The maximum atomic E-state index is 4.82. The summed E-state index contributed by atoms with van der Waals surface area (Å²) in [5.41, 5.74) is 3.43. The Morgan fingerprint density at radius 2 is 1.57 bits per heavy atom. The van der Waals surface area contributed by atoms with Gasteiger partial charge in [-0.2, -0.15) is 0 Å². The Labute approximate surface area is 138 Å². The van der Waals surface area contributed by atoms with E-state index in [9.17, 15) is 0 Å². The molecule has 3 rings (SSSR count). The fourth-order valence-electron chi connectivity index (χ4n) is 3.19. The number of pyridine rings is 1. The van der Waals surface area contributed by atoms with Gasteiger partial charge in [0.05, 0.1) is 16.7 Å². The quantitative estimate of drug-likeness (QED) is 0.546. The Balaban J connectivity index is 2.09. The van der Waals surface area contributed by atoms with Gasteiger partial charge in [-0.25, -0.2) is 4.98 Å². The van der Waals surface area contributed by atoms with Crippen LogP contribution in [0.1, 0.15) is 19.8 Å². The Bertz CT molecular complexity index is 743. The largest absolute Gasteiger partial charge is 0.371 e. The number of para-hydroxylation sites is 2. The van der Waals surface area contributed by atoms with E-state index in [1.165, 1.54) is 29.3 Å². The molecule has 0 spiro atoms. The first-order valence-corrected chi connectivity index (χ1v) is 8.37. The van der Waals surface area contributed by atoms with Crippen molar-refractivity contribution in [1.29, 1.82) is 0 Å². The molecule has 1 atom stereocenters. The van der Waals surface area contributed by atoms with Crippen molar-refractivity contribution in [3.8, 4) is 0 Å². The molecule has 3 aromatic rings. The van der Waals surface area contributed by atoms with Crippen molar-refractivity contribution in [3.63, 3.8) is 0 Å². The van der Waals surface area contributed by atoms with Gasteiger partial charge < -0.3 is 10.2 Å². The van der Waals surface area contributed by atoms with Crippen LogP contribution in [-0.2, 0) is 0 Å². The molecule has 2 aromatic carbocycles. The smallest absolute Gasteiger partial charge is 0.0730 e. The predicted octanol–water partition coefficient (Wildman–Crippen LogP) is 4.21. The lowest BCUT2D eigenvalue weighted by molar-refractivity contribution is 0.579. The maximum Gasteiger partial charge on any atom is 0.0730 e. The number of rotatable bonds is 6. The third-order valence-corrected chi connectivity index (χ3v) is 4.62. The second kappa shape index (κ2) is 6.97. The van der Waals surface area contributed by atoms with Gasteiger partial charge in [0.1, 0.15) is 0 Å². The van der Waals surface area contributed by atoms with Gasteiger partial charge in [-0.1, -0.05) is 36.4 Å². The molecular weight excluding hydrogens is 282 g/mol. The van der Waals surface area contributed by atoms with Crippen LogP contribution >= 0.6 is 0 Å². The summed E-state index contributed by atoms with van der Waals surface area (Å²) in [5.74, 6) is 0. The van der Waals surface area contributed by atoms with Crippen LogP contribution in [0.4, 0.5) is 5.69 Å². The Kier molecular flexibility index (Phi) is 4.77. The van der Waals surface area contributed by atoms with Crippen molar-refractivity contribution in [1.82, 2.24) is 10.3 Å². The lowest BCUT2D eigenvalue weighted by atomic mass is 10.0. The monoisotopic (exact) mass is 307 g/mol.